The zero-order chi connectivity index (χ0) is 20.5. The molecule has 146 valence electrons. The van der Waals surface area contributed by atoms with E-state index < -0.39 is 17.8 Å². The van der Waals surface area contributed by atoms with E-state index in [2.05, 4.69) is 10.1 Å². The van der Waals surface area contributed by atoms with E-state index >= 15 is 0 Å². The Kier molecular flexibility index (Phi) is 7.33. The fraction of sp³-hybridized carbons (Fsp3) is 0.190. The van der Waals surface area contributed by atoms with Gasteiger partial charge in [-0.3, -0.25) is 4.79 Å². The third-order valence-electron chi connectivity index (χ3n) is 3.76. The molecule has 7 nitrogen and oxygen atoms in total. The molecule has 0 unspecified atom stereocenters. The van der Waals surface area contributed by atoms with Crippen molar-refractivity contribution in [3.05, 3.63) is 65.7 Å². The molecule has 0 radical (unpaired) electrons. The zero-order valence-electron chi connectivity index (χ0n) is 16.0. The van der Waals surface area contributed by atoms with Crippen LogP contribution >= 0.6 is 0 Å². The Bertz CT molecular complexity index is 855. The van der Waals surface area contributed by atoms with Crippen LogP contribution in [0.15, 0.2) is 54.6 Å². The van der Waals surface area contributed by atoms with Gasteiger partial charge in [0.1, 0.15) is 0 Å². The van der Waals surface area contributed by atoms with E-state index in [-0.39, 0.29) is 6.61 Å². The largest absolute Gasteiger partial charge is 0.465 e. The summed E-state index contributed by atoms with van der Waals surface area (Å²) in [5.41, 5.74) is 2.75. The van der Waals surface area contributed by atoms with Crippen LogP contribution in [0.25, 0.3) is 6.08 Å². The molecule has 1 N–H and O–H groups in total. The minimum atomic E-state index is -0.643. The van der Waals surface area contributed by atoms with E-state index in [0.29, 0.717) is 16.8 Å². The van der Waals surface area contributed by atoms with Crippen molar-refractivity contribution >= 4 is 35.3 Å². The van der Waals surface area contributed by atoms with Crippen molar-refractivity contribution in [2.24, 2.45) is 0 Å². The fourth-order valence-electron chi connectivity index (χ4n) is 2.24. The summed E-state index contributed by atoms with van der Waals surface area (Å²) in [6, 6.07) is 13.8. The first kappa shape index (κ1) is 20.7. The van der Waals surface area contributed by atoms with Crippen molar-refractivity contribution in [3.63, 3.8) is 0 Å². The van der Waals surface area contributed by atoms with Crippen LogP contribution in [0.3, 0.4) is 0 Å². The number of benzene rings is 2. The van der Waals surface area contributed by atoms with Crippen LogP contribution in [0.2, 0.25) is 0 Å². The van der Waals surface area contributed by atoms with Crippen LogP contribution < -0.4 is 10.2 Å². The molecular weight excluding hydrogens is 360 g/mol. The van der Waals surface area contributed by atoms with Crippen LogP contribution in [0.5, 0.6) is 0 Å². The predicted molar refractivity (Wildman–Crippen MR) is 107 cm³/mol. The number of hydrogen-bond acceptors (Lipinski definition) is 6. The van der Waals surface area contributed by atoms with Crippen LogP contribution in [0, 0.1) is 0 Å². The number of carbonyl (C=O) groups is 3. The summed E-state index contributed by atoms with van der Waals surface area (Å²) < 4.78 is 9.54. The number of rotatable bonds is 7. The molecule has 0 aromatic heterocycles. The molecule has 28 heavy (non-hydrogen) atoms. The summed E-state index contributed by atoms with van der Waals surface area (Å²) in [6.45, 7) is -0.389. The summed E-state index contributed by atoms with van der Waals surface area (Å²) in [5, 5.41) is 2.66. The number of esters is 2. The van der Waals surface area contributed by atoms with Gasteiger partial charge >= 0.3 is 11.9 Å². The summed E-state index contributed by atoms with van der Waals surface area (Å²) in [6.07, 6.45) is 2.74. The van der Waals surface area contributed by atoms with Crippen molar-refractivity contribution in [2.45, 2.75) is 0 Å². The minimum absolute atomic E-state index is 0.389. The first-order chi connectivity index (χ1) is 13.4. The van der Waals surface area contributed by atoms with Crippen LogP contribution in [-0.2, 0) is 19.1 Å². The van der Waals surface area contributed by atoms with Crippen molar-refractivity contribution in [1.82, 2.24) is 0 Å². The second kappa shape index (κ2) is 9.91. The Hall–Kier alpha value is -3.61. The third kappa shape index (κ3) is 6.28. The number of ether oxygens (including phenoxy) is 2. The molecule has 0 aliphatic heterocycles. The van der Waals surface area contributed by atoms with Gasteiger partial charge < -0.3 is 19.7 Å². The van der Waals surface area contributed by atoms with E-state index in [4.69, 9.17) is 4.74 Å². The molecule has 2 aromatic rings. The van der Waals surface area contributed by atoms with Crippen LogP contribution in [0.1, 0.15) is 15.9 Å². The highest BCUT2D eigenvalue weighted by atomic mass is 16.5. The number of methoxy groups -OCH3 is 1. The van der Waals surface area contributed by atoms with Crippen molar-refractivity contribution < 1.29 is 23.9 Å². The number of carbonyl (C=O) groups excluding carboxylic acids is 3. The topological polar surface area (TPSA) is 84.9 Å². The summed E-state index contributed by atoms with van der Waals surface area (Å²) in [7, 11) is 5.16. The molecule has 0 aliphatic rings. The monoisotopic (exact) mass is 382 g/mol. The van der Waals surface area contributed by atoms with Crippen molar-refractivity contribution in [1.29, 1.82) is 0 Å². The summed E-state index contributed by atoms with van der Waals surface area (Å²) >= 11 is 0. The number of hydrogen-bond donors (Lipinski definition) is 1. The zero-order valence-corrected chi connectivity index (χ0v) is 16.0. The lowest BCUT2D eigenvalue weighted by Crippen LogP contribution is -2.20. The maximum Gasteiger partial charge on any atom is 0.337 e. The normalized spacial score (nSPS) is 10.4. The predicted octanol–water partition coefficient (Wildman–Crippen LogP) is 2.73. The number of amides is 1. The molecule has 0 aliphatic carbocycles. The highest BCUT2D eigenvalue weighted by Gasteiger charge is 2.07. The van der Waals surface area contributed by atoms with Gasteiger partial charge in [0.25, 0.3) is 5.91 Å². The maximum atomic E-state index is 11.9. The first-order valence-corrected chi connectivity index (χ1v) is 8.49. The number of anilines is 2. The standard InChI is InChI=1S/C21H22N2O5/c1-23(2)18-11-9-17(10-12-18)22-19(24)14-28-20(25)13-6-15-4-7-16(8-5-15)21(26)27-3/h4-13H,14H2,1-3H3,(H,22,24)/b13-6+. The Balaban J connectivity index is 1.80. The van der Waals surface area contributed by atoms with E-state index in [1.54, 1.807) is 36.4 Å². The highest BCUT2D eigenvalue weighted by molar-refractivity contribution is 5.95. The van der Waals surface area contributed by atoms with Gasteiger partial charge in [-0.15, -0.1) is 0 Å². The first-order valence-electron chi connectivity index (χ1n) is 8.49. The van der Waals surface area contributed by atoms with Gasteiger partial charge in [-0.25, -0.2) is 9.59 Å². The molecular formula is C21H22N2O5. The van der Waals surface area contributed by atoms with Gasteiger partial charge in [-0.2, -0.15) is 0 Å². The molecule has 0 saturated carbocycles. The SMILES string of the molecule is COC(=O)c1ccc(/C=C/C(=O)OCC(=O)Nc2ccc(N(C)C)cc2)cc1. The lowest BCUT2D eigenvalue weighted by Gasteiger charge is -2.13. The molecule has 2 rings (SSSR count). The summed E-state index contributed by atoms with van der Waals surface area (Å²) in [5.74, 6) is -1.51. The molecule has 0 spiro atoms. The van der Waals surface area contributed by atoms with E-state index in [1.165, 1.54) is 19.3 Å². The van der Waals surface area contributed by atoms with Gasteiger partial charge in [0.15, 0.2) is 6.61 Å². The third-order valence-corrected chi connectivity index (χ3v) is 3.76. The Morgan fingerprint density at radius 2 is 1.64 bits per heavy atom. The van der Waals surface area contributed by atoms with E-state index in [0.717, 1.165) is 5.69 Å². The molecule has 0 heterocycles. The van der Waals surface area contributed by atoms with E-state index in [9.17, 15) is 14.4 Å². The van der Waals surface area contributed by atoms with Crippen molar-refractivity contribution in [3.8, 4) is 0 Å². The van der Waals surface area contributed by atoms with Crippen molar-refractivity contribution in [2.75, 3.05) is 38.0 Å². The number of nitrogens with zero attached hydrogens (tertiary/aromatic N) is 1. The molecule has 0 atom stereocenters. The molecule has 2 aromatic carbocycles. The minimum Gasteiger partial charge on any atom is -0.465 e. The van der Waals surface area contributed by atoms with E-state index in [1.807, 2.05) is 31.1 Å². The Morgan fingerprint density at radius 3 is 2.21 bits per heavy atom. The van der Waals surface area contributed by atoms with Gasteiger partial charge in [-0.1, -0.05) is 12.1 Å². The molecule has 0 fully saturated rings. The average molecular weight is 382 g/mol. The molecule has 0 bridgehead atoms. The Labute approximate surface area is 163 Å². The summed E-state index contributed by atoms with van der Waals surface area (Å²) in [4.78, 5) is 36.9. The van der Waals surface area contributed by atoms with Gasteiger partial charge in [-0.05, 0) is 48.0 Å². The van der Waals surface area contributed by atoms with Gasteiger partial charge in [0.2, 0.25) is 0 Å². The van der Waals surface area contributed by atoms with Crippen LogP contribution in [0.4, 0.5) is 11.4 Å². The van der Waals surface area contributed by atoms with Gasteiger partial charge in [0.05, 0.1) is 12.7 Å². The smallest absolute Gasteiger partial charge is 0.337 e. The second-order valence-electron chi connectivity index (χ2n) is 6.04. The molecule has 7 heteroatoms. The lowest BCUT2D eigenvalue weighted by atomic mass is 10.1. The maximum absolute atomic E-state index is 11.9. The second-order valence-corrected chi connectivity index (χ2v) is 6.04. The Morgan fingerprint density at radius 1 is 1.00 bits per heavy atom. The fourth-order valence-corrected chi connectivity index (χ4v) is 2.24. The molecule has 1 amide bonds. The lowest BCUT2D eigenvalue weighted by molar-refractivity contribution is -0.142. The average Bonchev–Trinajstić information content (AvgIpc) is 2.71. The number of nitrogens with one attached hydrogen (secondary N) is 1. The van der Waals surface area contributed by atoms with Crippen LogP contribution in [-0.4, -0.2) is 45.7 Å². The quantitative estimate of drug-likeness (QED) is 0.585. The highest BCUT2D eigenvalue weighted by Crippen LogP contribution is 2.15. The molecule has 0 saturated heterocycles. The van der Waals surface area contributed by atoms with Gasteiger partial charge in [0, 0.05) is 31.5 Å².